The van der Waals surface area contributed by atoms with Gasteiger partial charge in [0.05, 0.1) is 5.75 Å². The Labute approximate surface area is 108 Å². The highest BCUT2D eigenvalue weighted by Gasteiger charge is 2.30. The van der Waals surface area contributed by atoms with Crippen molar-refractivity contribution < 1.29 is 18.3 Å². The zero-order valence-electron chi connectivity index (χ0n) is 10.8. The molecule has 6 nitrogen and oxygen atoms in total. The topological polar surface area (TPSA) is 86.7 Å². The molecular formula is C11H22N2O4S. The molecule has 0 spiro atoms. The molecule has 0 aromatic carbocycles. The molecule has 0 amide bonds. The molecule has 1 aliphatic rings. The summed E-state index contributed by atoms with van der Waals surface area (Å²) in [6.07, 6.45) is 1.69. The van der Waals surface area contributed by atoms with Gasteiger partial charge in [-0.05, 0) is 25.8 Å². The predicted molar refractivity (Wildman–Crippen MR) is 68.9 cm³/mol. The van der Waals surface area contributed by atoms with E-state index in [2.05, 4.69) is 5.32 Å². The number of aliphatic carboxylic acids is 1. The number of carboxylic acids is 1. The molecular weight excluding hydrogens is 256 g/mol. The lowest BCUT2D eigenvalue weighted by Crippen LogP contribution is -2.43. The van der Waals surface area contributed by atoms with Gasteiger partial charge >= 0.3 is 5.97 Å². The van der Waals surface area contributed by atoms with E-state index in [1.807, 2.05) is 6.92 Å². The largest absolute Gasteiger partial charge is 0.481 e. The van der Waals surface area contributed by atoms with E-state index in [1.54, 1.807) is 4.31 Å². The third kappa shape index (κ3) is 4.55. The SMILES string of the molecule is CCCN(C1CCNC1)S(=O)(=O)CCCC(=O)O. The number of nitrogens with zero attached hydrogens (tertiary/aromatic N) is 1. The zero-order chi connectivity index (χ0) is 13.6. The maximum absolute atomic E-state index is 12.2. The molecule has 1 aliphatic heterocycles. The Balaban J connectivity index is 2.61. The number of nitrogens with one attached hydrogen (secondary N) is 1. The quantitative estimate of drug-likeness (QED) is 0.665. The summed E-state index contributed by atoms with van der Waals surface area (Å²) in [7, 11) is -3.33. The van der Waals surface area contributed by atoms with Crippen molar-refractivity contribution in [2.75, 3.05) is 25.4 Å². The van der Waals surface area contributed by atoms with Crippen molar-refractivity contribution in [3.8, 4) is 0 Å². The van der Waals surface area contributed by atoms with Crippen LogP contribution in [0.2, 0.25) is 0 Å². The number of hydrogen-bond acceptors (Lipinski definition) is 4. The first-order valence-electron chi connectivity index (χ1n) is 6.39. The second kappa shape index (κ2) is 7.06. The van der Waals surface area contributed by atoms with E-state index in [9.17, 15) is 13.2 Å². The van der Waals surface area contributed by atoms with E-state index < -0.39 is 16.0 Å². The minimum absolute atomic E-state index is 0.0276. The van der Waals surface area contributed by atoms with Gasteiger partial charge in [0.1, 0.15) is 0 Å². The zero-order valence-corrected chi connectivity index (χ0v) is 11.6. The van der Waals surface area contributed by atoms with Crippen LogP contribution in [0.4, 0.5) is 0 Å². The Bertz CT molecular complexity index is 363. The highest BCUT2D eigenvalue weighted by atomic mass is 32.2. The summed E-state index contributed by atoms with van der Waals surface area (Å²) in [4.78, 5) is 10.4. The molecule has 1 atom stereocenters. The van der Waals surface area contributed by atoms with Gasteiger partial charge in [-0.2, -0.15) is 4.31 Å². The fourth-order valence-corrected chi connectivity index (χ4v) is 4.02. The van der Waals surface area contributed by atoms with E-state index in [0.717, 1.165) is 19.4 Å². The maximum Gasteiger partial charge on any atom is 0.303 e. The number of carbonyl (C=O) groups is 1. The first-order valence-corrected chi connectivity index (χ1v) is 8.00. The summed E-state index contributed by atoms with van der Waals surface area (Å²) in [5.41, 5.74) is 0. The summed E-state index contributed by atoms with van der Waals surface area (Å²) >= 11 is 0. The Morgan fingerprint density at radius 3 is 2.72 bits per heavy atom. The van der Waals surface area contributed by atoms with E-state index >= 15 is 0 Å². The van der Waals surface area contributed by atoms with Crippen molar-refractivity contribution in [2.24, 2.45) is 0 Å². The van der Waals surface area contributed by atoms with Crippen LogP contribution in [-0.2, 0) is 14.8 Å². The van der Waals surface area contributed by atoms with Gasteiger partial charge < -0.3 is 10.4 Å². The molecule has 7 heteroatoms. The monoisotopic (exact) mass is 278 g/mol. The maximum atomic E-state index is 12.2. The van der Waals surface area contributed by atoms with Crippen molar-refractivity contribution in [3.05, 3.63) is 0 Å². The van der Waals surface area contributed by atoms with Crippen LogP contribution in [0.3, 0.4) is 0 Å². The molecule has 106 valence electrons. The van der Waals surface area contributed by atoms with Gasteiger partial charge in [0, 0.05) is 25.6 Å². The summed E-state index contributed by atoms with van der Waals surface area (Å²) < 4.78 is 25.9. The van der Waals surface area contributed by atoms with Gasteiger partial charge in [-0.25, -0.2) is 8.42 Å². The molecule has 0 saturated carbocycles. The van der Waals surface area contributed by atoms with Gasteiger partial charge in [-0.3, -0.25) is 4.79 Å². The summed E-state index contributed by atoms with van der Waals surface area (Å²) in [5, 5.41) is 11.7. The lowest BCUT2D eigenvalue weighted by molar-refractivity contribution is -0.137. The van der Waals surface area contributed by atoms with Crippen LogP contribution < -0.4 is 5.32 Å². The predicted octanol–water partition coefficient (Wildman–Crippen LogP) is 0.255. The van der Waals surface area contributed by atoms with Gasteiger partial charge in [0.2, 0.25) is 10.0 Å². The lowest BCUT2D eigenvalue weighted by atomic mass is 10.2. The molecule has 1 unspecified atom stereocenters. The van der Waals surface area contributed by atoms with E-state index in [1.165, 1.54) is 0 Å². The third-order valence-electron chi connectivity index (χ3n) is 3.04. The van der Waals surface area contributed by atoms with Crippen LogP contribution in [0.5, 0.6) is 0 Å². The Hall–Kier alpha value is -0.660. The highest BCUT2D eigenvalue weighted by molar-refractivity contribution is 7.89. The number of rotatable bonds is 8. The summed E-state index contributed by atoms with van der Waals surface area (Å²) in [5.74, 6) is -1.02. The molecule has 1 heterocycles. The molecule has 1 saturated heterocycles. The van der Waals surface area contributed by atoms with Crippen LogP contribution in [0.1, 0.15) is 32.6 Å². The fraction of sp³-hybridized carbons (Fsp3) is 0.909. The first-order chi connectivity index (χ1) is 8.47. The average molecular weight is 278 g/mol. The van der Waals surface area contributed by atoms with E-state index in [4.69, 9.17) is 5.11 Å². The molecule has 0 bridgehead atoms. The number of hydrogen-bond donors (Lipinski definition) is 2. The number of sulfonamides is 1. The Morgan fingerprint density at radius 1 is 1.50 bits per heavy atom. The second-order valence-corrected chi connectivity index (χ2v) is 6.61. The second-order valence-electron chi connectivity index (χ2n) is 4.57. The van der Waals surface area contributed by atoms with Gasteiger partial charge in [-0.15, -0.1) is 0 Å². The van der Waals surface area contributed by atoms with E-state index in [0.29, 0.717) is 13.1 Å². The number of carboxylic acid groups (broad SMARTS) is 1. The highest BCUT2D eigenvalue weighted by Crippen LogP contribution is 2.15. The van der Waals surface area contributed by atoms with Crippen molar-refractivity contribution in [1.82, 2.24) is 9.62 Å². The summed E-state index contributed by atoms with van der Waals surface area (Å²) in [6.45, 7) is 4.00. The van der Waals surface area contributed by atoms with Crippen molar-refractivity contribution in [1.29, 1.82) is 0 Å². The van der Waals surface area contributed by atoms with Crippen LogP contribution in [0.15, 0.2) is 0 Å². The van der Waals surface area contributed by atoms with Crippen molar-refractivity contribution in [3.63, 3.8) is 0 Å². The first kappa shape index (κ1) is 15.4. The fourth-order valence-electron chi connectivity index (χ4n) is 2.18. The molecule has 0 radical (unpaired) electrons. The molecule has 0 aliphatic carbocycles. The van der Waals surface area contributed by atoms with Crippen LogP contribution in [0, 0.1) is 0 Å². The minimum atomic E-state index is -3.33. The molecule has 0 aromatic heterocycles. The lowest BCUT2D eigenvalue weighted by Gasteiger charge is -2.27. The Kier molecular flexibility index (Phi) is 6.04. The molecule has 1 rings (SSSR count). The minimum Gasteiger partial charge on any atom is -0.481 e. The third-order valence-corrected chi connectivity index (χ3v) is 5.04. The molecule has 1 fully saturated rings. The van der Waals surface area contributed by atoms with Gasteiger partial charge in [-0.1, -0.05) is 6.92 Å². The van der Waals surface area contributed by atoms with Gasteiger partial charge in [0.15, 0.2) is 0 Å². The summed E-state index contributed by atoms with van der Waals surface area (Å²) in [6, 6.07) is 0.0276. The van der Waals surface area contributed by atoms with Crippen LogP contribution >= 0.6 is 0 Å². The smallest absolute Gasteiger partial charge is 0.303 e. The van der Waals surface area contributed by atoms with Crippen LogP contribution in [-0.4, -0.2) is 55.2 Å². The molecule has 18 heavy (non-hydrogen) atoms. The standard InChI is InChI=1S/C11H22N2O4S/c1-2-7-13(10-5-6-12-9-10)18(16,17)8-3-4-11(14)15/h10,12H,2-9H2,1H3,(H,14,15). The van der Waals surface area contributed by atoms with Gasteiger partial charge in [0.25, 0.3) is 0 Å². The van der Waals surface area contributed by atoms with Crippen molar-refractivity contribution in [2.45, 2.75) is 38.6 Å². The average Bonchev–Trinajstić information content (AvgIpc) is 2.77. The van der Waals surface area contributed by atoms with Crippen LogP contribution in [0.25, 0.3) is 0 Å². The molecule has 2 N–H and O–H groups in total. The molecule has 0 aromatic rings. The van der Waals surface area contributed by atoms with E-state index in [-0.39, 0.29) is 24.6 Å². The van der Waals surface area contributed by atoms with Crippen molar-refractivity contribution >= 4 is 16.0 Å². The Morgan fingerprint density at radius 2 is 2.22 bits per heavy atom. The normalized spacial score (nSPS) is 20.4.